The molecule has 2 N–H and O–H groups in total. The summed E-state index contributed by atoms with van der Waals surface area (Å²) >= 11 is 0. The first-order chi connectivity index (χ1) is 11.8. The van der Waals surface area contributed by atoms with Gasteiger partial charge in [0.05, 0.1) is 0 Å². The van der Waals surface area contributed by atoms with Gasteiger partial charge in [-0.2, -0.15) is 0 Å². The zero-order chi connectivity index (χ0) is 16.6. The molecular formula is C21H32N2O. The van der Waals surface area contributed by atoms with Gasteiger partial charge in [-0.3, -0.25) is 0 Å². The van der Waals surface area contributed by atoms with E-state index in [-0.39, 0.29) is 6.03 Å². The fourth-order valence-corrected chi connectivity index (χ4v) is 4.25. The van der Waals surface area contributed by atoms with E-state index in [9.17, 15) is 4.79 Å². The molecule has 2 aliphatic carbocycles. The molecule has 0 heterocycles. The second-order valence-electron chi connectivity index (χ2n) is 7.65. The summed E-state index contributed by atoms with van der Waals surface area (Å²) in [6, 6.07) is 8.42. The van der Waals surface area contributed by atoms with E-state index in [0.29, 0.717) is 5.92 Å². The summed E-state index contributed by atoms with van der Waals surface area (Å²) in [5.74, 6) is 1.38. The van der Waals surface area contributed by atoms with Gasteiger partial charge in [-0.05, 0) is 55.2 Å². The molecule has 0 aromatic heterocycles. The zero-order valence-corrected chi connectivity index (χ0v) is 14.9. The number of benzene rings is 1. The second-order valence-corrected chi connectivity index (χ2v) is 7.65. The van der Waals surface area contributed by atoms with Gasteiger partial charge >= 0.3 is 6.03 Å². The number of urea groups is 1. The molecule has 1 aromatic carbocycles. The first-order valence-electron chi connectivity index (χ1n) is 9.96. The number of carbonyl (C=O) groups is 1. The van der Waals surface area contributed by atoms with Crippen molar-refractivity contribution in [2.75, 3.05) is 11.9 Å². The fraction of sp³-hybridized carbons (Fsp3) is 0.667. The number of nitrogens with one attached hydrogen (secondary N) is 2. The van der Waals surface area contributed by atoms with Crippen molar-refractivity contribution in [2.24, 2.45) is 5.92 Å². The number of rotatable bonds is 4. The molecule has 0 saturated heterocycles. The lowest BCUT2D eigenvalue weighted by Gasteiger charge is -2.22. The highest BCUT2D eigenvalue weighted by atomic mass is 16.2. The van der Waals surface area contributed by atoms with Gasteiger partial charge in [-0.1, -0.05) is 57.1 Å². The highest BCUT2D eigenvalue weighted by Gasteiger charge is 2.16. The minimum Gasteiger partial charge on any atom is -0.338 e. The van der Waals surface area contributed by atoms with Crippen LogP contribution in [0.25, 0.3) is 0 Å². The lowest BCUT2D eigenvalue weighted by Crippen LogP contribution is -2.33. The zero-order valence-electron chi connectivity index (χ0n) is 14.9. The summed E-state index contributed by atoms with van der Waals surface area (Å²) in [4.78, 5) is 12.1. The number of amides is 2. The molecule has 0 atom stereocenters. The highest BCUT2D eigenvalue weighted by molar-refractivity contribution is 5.89. The summed E-state index contributed by atoms with van der Waals surface area (Å²) < 4.78 is 0. The predicted octanol–water partition coefficient (Wildman–Crippen LogP) is 5.83. The first kappa shape index (κ1) is 17.3. The van der Waals surface area contributed by atoms with Crippen molar-refractivity contribution in [1.82, 2.24) is 5.32 Å². The minimum absolute atomic E-state index is 0.0651. The third kappa shape index (κ3) is 5.25. The van der Waals surface area contributed by atoms with Gasteiger partial charge in [-0.15, -0.1) is 0 Å². The molecule has 2 saturated carbocycles. The molecule has 132 valence electrons. The molecule has 2 aliphatic rings. The Morgan fingerprint density at radius 3 is 2.08 bits per heavy atom. The van der Waals surface area contributed by atoms with Gasteiger partial charge < -0.3 is 10.6 Å². The summed E-state index contributed by atoms with van der Waals surface area (Å²) in [5, 5.41) is 6.03. The molecule has 3 nitrogen and oxygen atoms in total. The van der Waals surface area contributed by atoms with Crippen molar-refractivity contribution in [3.8, 4) is 0 Å². The quantitative estimate of drug-likeness (QED) is 0.671. The Morgan fingerprint density at radius 2 is 1.42 bits per heavy atom. The lowest BCUT2D eigenvalue weighted by molar-refractivity contribution is 0.249. The average molecular weight is 329 g/mol. The van der Waals surface area contributed by atoms with Crippen LogP contribution in [0.5, 0.6) is 0 Å². The van der Waals surface area contributed by atoms with Crippen molar-refractivity contribution in [3.05, 3.63) is 29.8 Å². The summed E-state index contributed by atoms with van der Waals surface area (Å²) in [7, 11) is 0. The van der Waals surface area contributed by atoms with E-state index in [1.807, 2.05) is 0 Å². The fourth-order valence-electron chi connectivity index (χ4n) is 4.25. The molecule has 3 rings (SSSR count). The first-order valence-corrected chi connectivity index (χ1v) is 9.96. The largest absolute Gasteiger partial charge is 0.338 e. The third-order valence-electron chi connectivity index (χ3n) is 5.77. The van der Waals surface area contributed by atoms with Crippen molar-refractivity contribution in [1.29, 1.82) is 0 Å². The van der Waals surface area contributed by atoms with E-state index < -0.39 is 0 Å². The van der Waals surface area contributed by atoms with Crippen molar-refractivity contribution >= 4 is 11.7 Å². The van der Waals surface area contributed by atoms with Gasteiger partial charge in [-0.25, -0.2) is 4.79 Å². The van der Waals surface area contributed by atoms with Gasteiger partial charge in [0.2, 0.25) is 0 Å². The molecular weight excluding hydrogens is 296 g/mol. The van der Waals surface area contributed by atoms with Crippen molar-refractivity contribution in [3.63, 3.8) is 0 Å². The number of hydrogen-bond acceptors (Lipinski definition) is 1. The topological polar surface area (TPSA) is 41.1 Å². The maximum atomic E-state index is 12.1. The minimum atomic E-state index is -0.0651. The van der Waals surface area contributed by atoms with Crippen LogP contribution in [0.2, 0.25) is 0 Å². The van der Waals surface area contributed by atoms with Gasteiger partial charge in [0.15, 0.2) is 0 Å². The molecule has 0 unspecified atom stereocenters. The second kappa shape index (κ2) is 9.10. The van der Waals surface area contributed by atoms with Crippen LogP contribution < -0.4 is 10.6 Å². The summed E-state index contributed by atoms with van der Waals surface area (Å²) in [6.45, 7) is 0.811. The average Bonchev–Trinajstić information content (AvgIpc) is 2.90. The molecule has 2 amide bonds. The Labute approximate surface area is 146 Å². The van der Waals surface area contributed by atoms with Crippen LogP contribution in [-0.2, 0) is 0 Å². The van der Waals surface area contributed by atoms with E-state index in [2.05, 4.69) is 34.9 Å². The van der Waals surface area contributed by atoms with Crippen molar-refractivity contribution in [2.45, 2.75) is 76.5 Å². The maximum Gasteiger partial charge on any atom is 0.319 e. The summed E-state index contributed by atoms with van der Waals surface area (Å²) in [6.07, 6.45) is 14.6. The Bertz CT molecular complexity index is 497. The molecule has 24 heavy (non-hydrogen) atoms. The van der Waals surface area contributed by atoms with E-state index in [1.165, 1.54) is 76.2 Å². The molecule has 0 radical (unpaired) electrons. The third-order valence-corrected chi connectivity index (χ3v) is 5.77. The molecule has 0 aliphatic heterocycles. The van der Waals surface area contributed by atoms with Crippen LogP contribution in [0.15, 0.2) is 24.3 Å². The number of anilines is 1. The molecule has 0 spiro atoms. The Balaban J connectivity index is 1.43. The predicted molar refractivity (Wildman–Crippen MR) is 100 cm³/mol. The van der Waals surface area contributed by atoms with Crippen LogP contribution >= 0.6 is 0 Å². The number of hydrogen-bond donors (Lipinski definition) is 2. The standard InChI is InChI=1S/C21H32N2O/c24-21(22-16-17-8-4-1-2-5-9-17)23-20-14-12-19(13-15-20)18-10-6-3-7-11-18/h12-15,17-18H,1-11,16H2,(H2,22,23,24). The summed E-state index contributed by atoms with van der Waals surface area (Å²) in [5.41, 5.74) is 2.33. The van der Waals surface area contributed by atoms with E-state index in [0.717, 1.165) is 18.2 Å². The van der Waals surface area contributed by atoms with Crippen LogP contribution in [0.1, 0.15) is 82.1 Å². The van der Waals surface area contributed by atoms with Crippen LogP contribution in [-0.4, -0.2) is 12.6 Å². The molecule has 0 bridgehead atoms. The molecule has 2 fully saturated rings. The molecule has 1 aromatic rings. The Morgan fingerprint density at radius 1 is 0.833 bits per heavy atom. The van der Waals surface area contributed by atoms with Gasteiger partial charge in [0.25, 0.3) is 0 Å². The smallest absolute Gasteiger partial charge is 0.319 e. The van der Waals surface area contributed by atoms with Gasteiger partial charge in [0.1, 0.15) is 0 Å². The van der Waals surface area contributed by atoms with E-state index >= 15 is 0 Å². The normalized spacial score (nSPS) is 20.3. The van der Waals surface area contributed by atoms with Crippen LogP contribution in [0.4, 0.5) is 10.5 Å². The molecule has 3 heteroatoms. The Hall–Kier alpha value is -1.51. The van der Waals surface area contributed by atoms with Crippen molar-refractivity contribution < 1.29 is 4.79 Å². The van der Waals surface area contributed by atoms with Crippen LogP contribution in [0, 0.1) is 5.92 Å². The van der Waals surface area contributed by atoms with Crippen LogP contribution in [0.3, 0.4) is 0 Å². The van der Waals surface area contributed by atoms with Gasteiger partial charge in [0, 0.05) is 12.2 Å². The highest BCUT2D eigenvalue weighted by Crippen LogP contribution is 2.33. The Kier molecular flexibility index (Phi) is 6.57. The lowest BCUT2D eigenvalue weighted by atomic mass is 9.84. The SMILES string of the molecule is O=C(NCC1CCCCCC1)Nc1ccc(C2CCCCC2)cc1. The van der Waals surface area contributed by atoms with E-state index in [1.54, 1.807) is 0 Å². The van der Waals surface area contributed by atoms with E-state index in [4.69, 9.17) is 0 Å². The number of carbonyl (C=O) groups excluding carboxylic acids is 1. The monoisotopic (exact) mass is 328 g/mol. The maximum absolute atomic E-state index is 12.1.